The fourth-order valence-electron chi connectivity index (χ4n) is 6.03. The number of rotatable bonds is 2. The molecule has 0 saturated heterocycles. The van der Waals surface area contributed by atoms with Crippen LogP contribution in [-0.4, -0.2) is 34.0 Å². The second-order valence-electron chi connectivity index (χ2n) is 8.65. The number of carbonyl (C=O) groups excluding carboxylic acids is 2. The SMILES string of the molecule is [2H][C@@H]1C([2H])([2H])[C@@]2(C)[C@@H](CC[C@]2(O)C(=O)CO)[C@@H]2CCC3=CC(=O)CC[C@]3(C)[C@@]12[2H]. The fraction of sp³-hybridized carbons (Fsp3) is 0.810. The summed E-state index contributed by atoms with van der Waals surface area (Å²) in [5.74, 6) is -3.06. The van der Waals surface area contributed by atoms with E-state index in [1.54, 1.807) is 6.08 Å². The molecule has 25 heavy (non-hydrogen) atoms. The second kappa shape index (κ2) is 5.50. The van der Waals surface area contributed by atoms with Crippen LogP contribution in [0.25, 0.3) is 0 Å². The van der Waals surface area contributed by atoms with Crippen LogP contribution in [-0.2, 0) is 9.59 Å². The Morgan fingerprint density at radius 2 is 2.12 bits per heavy atom. The van der Waals surface area contributed by atoms with E-state index in [9.17, 15) is 21.2 Å². The van der Waals surface area contributed by atoms with Gasteiger partial charge in [-0.25, -0.2) is 0 Å². The molecule has 7 atom stereocenters. The van der Waals surface area contributed by atoms with Gasteiger partial charge in [0.25, 0.3) is 0 Å². The zero-order chi connectivity index (χ0) is 21.6. The Kier molecular flexibility index (Phi) is 2.91. The van der Waals surface area contributed by atoms with Crippen molar-refractivity contribution in [3.63, 3.8) is 0 Å². The van der Waals surface area contributed by atoms with E-state index in [0.717, 1.165) is 5.57 Å². The molecule has 0 bridgehead atoms. The van der Waals surface area contributed by atoms with E-state index in [1.807, 2.05) is 6.92 Å². The molecule has 0 aliphatic heterocycles. The molecule has 138 valence electrons. The molecule has 4 nitrogen and oxygen atoms in total. The number of ketones is 2. The second-order valence-corrected chi connectivity index (χ2v) is 8.65. The van der Waals surface area contributed by atoms with E-state index in [-0.39, 0.29) is 24.5 Å². The molecule has 4 aliphatic rings. The summed E-state index contributed by atoms with van der Waals surface area (Å²) >= 11 is 0. The average molecular weight is 350 g/mol. The molecular formula is C21H30O4. The Hall–Kier alpha value is -1.00. The van der Waals surface area contributed by atoms with Crippen LogP contribution in [0, 0.1) is 28.6 Å². The molecule has 4 aliphatic carbocycles. The van der Waals surface area contributed by atoms with Gasteiger partial charge in [-0.15, -0.1) is 0 Å². The summed E-state index contributed by atoms with van der Waals surface area (Å²) in [5, 5.41) is 20.8. The molecule has 0 aromatic rings. The zero-order valence-corrected chi connectivity index (χ0v) is 15.0. The van der Waals surface area contributed by atoms with Gasteiger partial charge in [0.05, 0.1) is 0 Å². The van der Waals surface area contributed by atoms with Crippen LogP contribution in [0.3, 0.4) is 0 Å². The van der Waals surface area contributed by atoms with E-state index in [0.29, 0.717) is 25.7 Å². The van der Waals surface area contributed by atoms with Gasteiger partial charge in [-0.1, -0.05) is 19.4 Å². The highest BCUT2D eigenvalue weighted by atomic mass is 16.3. The topological polar surface area (TPSA) is 74.6 Å². The van der Waals surface area contributed by atoms with Gasteiger partial charge in [-0.05, 0) is 74.1 Å². The van der Waals surface area contributed by atoms with Crippen LogP contribution in [0.15, 0.2) is 11.6 Å². The van der Waals surface area contributed by atoms with Crippen LogP contribution < -0.4 is 0 Å². The summed E-state index contributed by atoms with van der Waals surface area (Å²) in [5.41, 5.74) is -3.54. The minimum atomic E-state index is -2.32. The maximum Gasteiger partial charge on any atom is 0.190 e. The van der Waals surface area contributed by atoms with Gasteiger partial charge in [0.15, 0.2) is 11.6 Å². The highest BCUT2D eigenvalue weighted by Gasteiger charge is 2.65. The lowest BCUT2D eigenvalue weighted by molar-refractivity contribution is -0.164. The first-order valence-electron chi connectivity index (χ1n) is 11.4. The Morgan fingerprint density at radius 3 is 2.84 bits per heavy atom. The number of fused-ring (bicyclic) bond motifs is 5. The van der Waals surface area contributed by atoms with Gasteiger partial charge in [0.2, 0.25) is 0 Å². The molecule has 0 aromatic heterocycles. The molecule has 2 N–H and O–H groups in total. The Labute approximate surface area is 155 Å². The van der Waals surface area contributed by atoms with Crippen LogP contribution in [0.5, 0.6) is 0 Å². The largest absolute Gasteiger partial charge is 0.388 e. The van der Waals surface area contributed by atoms with Crippen LogP contribution in [0.1, 0.15) is 70.6 Å². The molecule has 3 fully saturated rings. The van der Waals surface area contributed by atoms with Crippen molar-refractivity contribution >= 4 is 11.6 Å². The minimum Gasteiger partial charge on any atom is -0.388 e. The summed E-state index contributed by atoms with van der Waals surface area (Å²) in [6.07, 6.45) is 0.0546. The molecule has 4 rings (SSSR count). The highest BCUT2D eigenvalue weighted by molar-refractivity contribution is 5.91. The monoisotopic (exact) mass is 350 g/mol. The average Bonchev–Trinajstić information content (AvgIpc) is 2.95. The van der Waals surface area contributed by atoms with E-state index < -0.39 is 53.4 Å². The molecule has 0 spiro atoms. The third-order valence-corrected chi connectivity index (χ3v) is 7.71. The number of aliphatic hydroxyl groups excluding tert-OH is 1. The maximum atomic E-state index is 12.5. The summed E-state index contributed by atoms with van der Waals surface area (Å²) < 4.78 is 36.4. The molecule has 0 unspecified atom stereocenters. The van der Waals surface area contributed by atoms with E-state index >= 15 is 0 Å². The van der Waals surface area contributed by atoms with Gasteiger partial charge in [-0.3, -0.25) is 9.59 Å². The number of carbonyl (C=O) groups is 2. The summed E-state index contributed by atoms with van der Waals surface area (Å²) in [6, 6.07) is 0. The molecular weight excluding hydrogens is 316 g/mol. The third kappa shape index (κ3) is 2.13. The number of hydrogen-bond donors (Lipinski definition) is 2. The predicted molar refractivity (Wildman–Crippen MR) is 93.8 cm³/mol. The molecule has 4 heteroatoms. The van der Waals surface area contributed by atoms with Crippen molar-refractivity contribution in [3.8, 4) is 0 Å². The first-order chi connectivity index (χ1) is 13.3. The van der Waals surface area contributed by atoms with Crippen molar-refractivity contribution in [1.82, 2.24) is 0 Å². The predicted octanol–water partition coefficient (Wildman–Crippen LogP) is 2.81. The number of aliphatic hydroxyl groups is 2. The number of allylic oxidation sites excluding steroid dienone is 1. The molecule has 0 amide bonds. The lowest BCUT2D eigenvalue weighted by Crippen LogP contribution is -2.58. The normalized spacial score (nSPS) is 59.3. The summed E-state index contributed by atoms with van der Waals surface area (Å²) in [6.45, 7) is 2.56. The molecule has 0 heterocycles. The van der Waals surface area contributed by atoms with Crippen LogP contribution >= 0.6 is 0 Å². The summed E-state index contributed by atoms with van der Waals surface area (Å²) in [4.78, 5) is 24.5. The smallest absolute Gasteiger partial charge is 0.190 e. The maximum absolute atomic E-state index is 12.5. The zero-order valence-electron chi connectivity index (χ0n) is 19.0. The van der Waals surface area contributed by atoms with Crippen LogP contribution in [0.4, 0.5) is 0 Å². The van der Waals surface area contributed by atoms with E-state index in [2.05, 4.69) is 0 Å². The lowest BCUT2D eigenvalue weighted by atomic mass is 9.46. The number of Topliss-reactive ketones (excluding diaryl/α,β-unsaturated/α-hetero) is 1. The summed E-state index contributed by atoms with van der Waals surface area (Å²) in [7, 11) is 0. The van der Waals surface area contributed by atoms with Crippen molar-refractivity contribution in [3.05, 3.63) is 11.6 Å². The quantitative estimate of drug-likeness (QED) is 0.803. The molecule has 3 saturated carbocycles. The van der Waals surface area contributed by atoms with Gasteiger partial charge in [-0.2, -0.15) is 0 Å². The first kappa shape index (κ1) is 13.2. The van der Waals surface area contributed by atoms with Gasteiger partial charge >= 0.3 is 0 Å². The first-order valence-corrected chi connectivity index (χ1v) is 9.35. The van der Waals surface area contributed by atoms with Crippen molar-refractivity contribution < 1.29 is 25.3 Å². The minimum absolute atomic E-state index is 0.0218. The van der Waals surface area contributed by atoms with Crippen molar-refractivity contribution in [2.75, 3.05) is 6.61 Å². The Balaban J connectivity index is 1.91. The van der Waals surface area contributed by atoms with Gasteiger partial charge in [0, 0.05) is 17.3 Å². The molecule has 0 radical (unpaired) electrons. The third-order valence-electron chi connectivity index (χ3n) is 7.71. The highest BCUT2D eigenvalue weighted by Crippen LogP contribution is 2.67. The van der Waals surface area contributed by atoms with Crippen molar-refractivity contribution in [2.24, 2.45) is 28.6 Å². The van der Waals surface area contributed by atoms with E-state index in [4.69, 9.17) is 4.11 Å². The Bertz CT molecular complexity index is 813. The van der Waals surface area contributed by atoms with Crippen LogP contribution in [0.2, 0.25) is 0 Å². The van der Waals surface area contributed by atoms with Gasteiger partial charge < -0.3 is 10.2 Å². The van der Waals surface area contributed by atoms with Gasteiger partial charge in [0.1, 0.15) is 12.2 Å². The Morgan fingerprint density at radius 1 is 1.36 bits per heavy atom. The molecule has 0 aromatic carbocycles. The van der Waals surface area contributed by atoms with Crippen molar-refractivity contribution in [2.45, 2.75) is 70.7 Å². The number of hydrogen-bond acceptors (Lipinski definition) is 4. The van der Waals surface area contributed by atoms with Crippen molar-refractivity contribution in [1.29, 1.82) is 0 Å². The fourth-order valence-corrected chi connectivity index (χ4v) is 6.03. The lowest BCUT2D eigenvalue weighted by Gasteiger charge is -2.58. The standard InChI is InChI=1S/C21H30O4/c1-19-8-5-14(23)11-13(19)3-4-15-16(19)6-9-20(2)17(15)7-10-21(20,25)18(24)12-22/h11,15-17,22,25H,3-10,12H2,1-2H3/t15-,16+,17+,19+,20+,21+/m1/s1/i6D,9D2,16D/t6-,15-,16+,17+,19+,20+,21+. The van der Waals surface area contributed by atoms with E-state index in [1.165, 1.54) is 6.92 Å².